The molecule has 0 N–H and O–H groups in total. The van der Waals surface area contributed by atoms with Gasteiger partial charge in [-0.15, -0.1) is 0 Å². The van der Waals surface area contributed by atoms with E-state index in [9.17, 15) is 9.59 Å². The van der Waals surface area contributed by atoms with Crippen LogP contribution in [0.5, 0.6) is 0 Å². The van der Waals surface area contributed by atoms with Crippen LogP contribution in [-0.4, -0.2) is 21.7 Å². The number of carbonyl (C=O) groups is 2. The van der Waals surface area contributed by atoms with Gasteiger partial charge in [-0.1, -0.05) is 0 Å². The van der Waals surface area contributed by atoms with Gasteiger partial charge in [0.15, 0.2) is 0 Å². The summed E-state index contributed by atoms with van der Waals surface area (Å²) in [6, 6.07) is 0. The fraction of sp³-hybridized carbons (Fsp3) is 0.300. The maximum absolute atomic E-state index is 11.5. The largest absolute Gasteiger partial charge is 0.444 e. The summed E-state index contributed by atoms with van der Waals surface area (Å²) < 4.78 is 5.20. The predicted molar refractivity (Wildman–Crippen MR) is 50.6 cm³/mol. The second-order valence-corrected chi connectivity index (χ2v) is 3.42. The zero-order valence-electron chi connectivity index (χ0n) is 8.48. The number of hydrogen-bond acceptors (Lipinski definition) is 4. The summed E-state index contributed by atoms with van der Waals surface area (Å²) in [6.45, 7) is 3.47. The first-order valence-corrected chi connectivity index (χ1v) is 4.53. The van der Waals surface area contributed by atoms with Crippen molar-refractivity contribution in [2.75, 3.05) is 0 Å². The lowest BCUT2D eigenvalue weighted by Crippen LogP contribution is -2.30. The molecular weight excluding hydrogens is 196 g/mol. The molecule has 15 heavy (non-hydrogen) atoms. The highest BCUT2D eigenvalue weighted by Crippen LogP contribution is 2.15. The Bertz CT molecular complexity index is 459. The third-order valence-corrected chi connectivity index (χ3v) is 2.15. The fourth-order valence-electron chi connectivity index (χ4n) is 1.40. The van der Waals surface area contributed by atoms with E-state index in [0.717, 1.165) is 4.90 Å². The van der Waals surface area contributed by atoms with Crippen molar-refractivity contribution in [2.24, 2.45) is 0 Å². The Morgan fingerprint density at radius 1 is 1.40 bits per heavy atom. The topological polar surface area (TPSA) is 63.4 Å². The molecule has 0 bridgehead atoms. The highest BCUT2D eigenvalue weighted by molar-refractivity contribution is 6.15. The maximum Gasteiger partial charge on any atom is 0.257 e. The lowest BCUT2D eigenvalue weighted by Gasteiger charge is -2.11. The third kappa shape index (κ3) is 1.68. The average Bonchev–Trinajstić information content (AvgIpc) is 2.67. The molecule has 1 aliphatic rings. The minimum absolute atomic E-state index is 0.0966. The average molecular weight is 206 g/mol. The Balaban J connectivity index is 2.15. The molecule has 5 nitrogen and oxygen atoms in total. The van der Waals surface area contributed by atoms with Crippen LogP contribution in [0.4, 0.5) is 0 Å². The van der Waals surface area contributed by atoms with Crippen molar-refractivity contribution in [2.45, 2.75) is 20.4 Å². The van der Waals surface area contributed by atoms with Crippen LogP contribution in [0.1, 0.15) is 18.6 Å². The number of aryl methyl sites for hydroxylation is 1. The van der Waals surface area contributed by atoms with Crippen molar-refractivity contribution in [1.29, 1.82) is 0 Å². The van der Waals surface area contributed by atoms with Crippen molar-refractivity contribution >= 4 is 11.8 Å². The Labute approximate surface area is 86.4 Å². The van der Waals surface area contributed by atoms with Crippen molar-refractivity contribution in [3.05, 3.63) is 29.5 Å². The summed E-state index contributed by atoms with van der Waals surface area (Å²) >= 11 is 0. The lowest BCUT2D eigenvalue weighted by molar-refractivity contribution is -0.138. The van der Waals surface area contributed by atoms with Crippen LogP contribution in [0.2, 0.25) is 0 Å². The number of carbonyl (C=O) groups excluding carboxylic acids is 2. The Morgan fingerprint density at radius 2 is 2.13 bits per heavy atom. The molecule has 0 spiro atoms. The van der Waals surface area contributed by atoms with E-state index in [-0.39, 0.29) is 18.4 Å². The monoisotopic (exact) mass is 206 g/mol. The van der Waals surface area contributed by atoms with E-state index in [2.05, 4.69) is 4.98 Å². The van der Waals surface area contributed by atoms with E-state index < -0.39 is 0 Å². The SMILES string of the molecule is CC1=CC(=O)N(Cc2ncc(C)o2)C1=O. The molecule has 1 aromatic heterocycles. The van der Waals surface area contributed by atoms with Crippen LogP contribution in [0.3, 0.4) is 0 Å². The standard InChI is InChI=1S/C10H10N2O3/c1-6-3-9(13)12(10(6)14)5-8-11-4-7(2)15-8/h3-4H,5H2,1-2H3. The number of aromatic nitrogens is 1. The van der Waals surface area contributed by atoms with Gasteiger partial charge in [0.25, 0.3) is 11.8 Å². The summed E-state index contributed by atoms with van der Waals surface area (Å²) in [5, 5.41) is 0. The van der Waals surface area contributed by atoms with Crippen molar-refractivity contribution in [3.63, 3.8) is 0 Å². The number of oxazole rings is 1. The quantitative estimate of drug-likeness (QED) is 0.671. The van der Waals surface area contributed by atoms with Crippen LogP contribution < -0.4 is 0 Å². The second-order valence-electron chi connectivity index (χ2n) is 3.42. The molecular formula is C10H10N2O3. The third-order valence-electron chi connectivity index (χ3n) is 2.15. The number of nitrogens with zero attached hydrogens (tertiary/aromatic N) is 2. The predicted octanol–water partition coefficient (Wildman–Crippen LogP) is 0.798. The van der Waals surface area contributed by atoms with Gasteiger partial charge in [-0.3, -0.25) is 14.5 Å². The van der Waals surface area contributed by atoms with E-state index in [0.29, 0.717) is 17.2 Å². The molecule has 5 heteroatoms. The van der Waals surface area contributed by atoms with Gasteiger partial charge in [0.2, 0.25) is 5.89 Å². The van der Waals surface area contributed by atoms with E-state index in [1.165, 1.54) is 6.08 Å². The first-order chi connectivity index (χ1) is 7.08. The highest BCUT2D eigenvalue weighted by Gasteiger charge is 2.29. The van der Waals surface area contributed by atoms with E-state index >= 15 is 0 Å². The number of imide groups is 1. The molecule has 1 aromatic rings. The molecule has 0 atom stereocenters. The van der Waals surface area contributed by atoms with Crippen molar-refractivity contribution in [1.82, 2.24) is 9.88 Å². The molecule has 0 aromatic carbocycles. The molecule has 78 valence electrons. The van der Waals surface area contributed by atoms with E-state index in [1.807, 2.05) is 0 Å². The lowest BCUT2D eigenvalue weighted by atomic mass is 10.3. The Hall–Kier alpha value is -1.91. The molecule has 2 rings (SSSR count). The van der Waals surface area contributed by atoms with Gasteiger partial charge < -0.3 is 4.42 Å². The van der Waals surface area contributed by atoms with Crippen LogP contribution in [0.25, 0.3) is 0 Å². The molecule has 1 aliphatic heterocycles. The zero-order valence-corrected chi connectivity index (χ0v) is 8.48. The van der Waals surface area contributed by atoms with Crippen LogP contribution in [0, 0.1) is 6.92 Å². The van der Waals surface area contributed by atoms with Gasteiger partial charge in [0.05, 0.1) is 6.20 Å². The van der Waals surface area contributed by atoms with Crippen molar-refractivity contribution < 1.29 is 14.0 Å². The Kier molecular flexibility index (Phi) is 2.15. The first kappa shape index (κ1) is 9.64. The van der Waals surface area contributed by atoms with Crippen LogP contribution in [0.15, 0.2) is 22.3 Å². The summed E-state index contributed by atoms with van der Waals surface area (Å²) in [5.41, 5.74) is 0.447. The normalized spacial score (nSPS) is 16.1. The summed E-state index contributed by atoms with van der Waals surface area (Å²) in [7, 11) is 0. The number of hydrogen-bond donors (Lipinski definition) is 0. The van der Waals surface area contributed by atoms with E-state index in [4.69, 9.17) is 4.42 Å². The summed E-state index contributed by atoms with van der Waals surface area (Å²) in [6.07, 6.45) is 2.87. The van der Waals surface area contributed by atoms with Gasteiger partial charge in [0.1, 0.15) is 12.3 Å². The van der Waals surface area contributed by atoms with Crippen molar-refractivity contribution in [3.8, 4) is 0 Å². The molecule has 2 amide bonds. The highest BCUT2D eigenvalue weighted by atomic mass is 16.4. The van der Waals surface area contributed by atoms with Gasteiger partial charge in [-0.05, 0) is 13.8 Å². The minimum Gasteiger partial charge on any atom is -0.444 e. The molecule has 0 unspecified atom stereocenters. The molecule has 0 saturated heterocycles. The minimum atomic E-state index is -0.312. The Morgan fingerprint density at radius 3 is 2.60 bits per heavy atom. The zero-order chi connectivity index (χ0) is 11.0. The second kappa shape index (κ2) is 3.34. The van der Waals surface area contributed by atoms with Crippen LogP contribution >= 0.6 is 0 Å². The van der Waals surface area contributed by atoms with Gasteiger partial charge in [-0.25, -0.2) is 4.98 Å². The van der Waals surface area contributed by atoms with Gasteiger partial charge in [-0.2, -0.15) is 0 Å². The molecule has 0 fully saturated rings. The molecule has 0 radical (unpaired) electrons. The molecule has 2 heterocycles. The maximum atomic E-state index is 11.5. The first-order valence-electron chi connectivity index (χ1n) is 4.53. The number of amides is 2. The molecule has 0 saturated carbocycles. The van der Waals surface area contributed by atoms with Crippen LogP contribution in [-0.2, 0) is 16.1 Å². The van der Waals surface area contributed by atoms with Gasteiger partial charge in [0, 0.05) is 11.6 Å². The summed E-state index contributed by atoms with van der Waals surface area (Å²) in [4.78, 5) is 27.9. The number of rotatable bonds is 2. The molecule has 0 aliphatic carbocycles. The fourth-order valence-corrected chi connectivity index (χ4v) is 1.40. The summed E-state index contributed by atoms with van der Waals surface area (Å²) in [5.74, 6) is 0.440. The van der Waals surface area contributed by atoms with Gasteiger partial charge >= 0.3 is 0 Å². The van der Waals surface area contributed by atoms with E-state index in [1.54, 1.807) is 20.0 Å². The smallest absolute Gasteiger partial charge is 0.257 e.